The average molecular weight is 958 g/mol. The van der Waals surface area contributed by atoms with E-state index in [1.165, 1.54) is 83.5 Å². The second-order valence-corrected chi connectivity index (χ2v) is 18.4. The van der Waals surface area contributed by atoms with Gasteiger partial charge in [-0.05, 0) is 103 Å². The second-order valence-electron chi connectivity index (χ2n) is 18.4. The highest BCUT2D eigenvalue weighted by Crippen LogP contribution is 2.15. The molecule has 1 unspecified atom stereocenters. The van der Waals surface area contributed by atoms with Gasteiger partial charge in [0.15, 0.2) is 6.10 Å². The Bertz CT molecular complexity index is 1420. The largest absolute Gasteiger partial charge is 0.462 e. The molecule has 0 rings (SSSR count). The summed E-state index contributed by atoms with van der Waals surface area (Å²) >= 11 is 0. The van der Waals surface area contributed by atoms with Crippen LogP contribution < -0.4 is 0 Å². The molecule has 0 aliphatic carbocycles. The van der Waals surface area contributed by atoms with Gasteiger partial charge in [0.05, 0.1) is 0 Å². The molecule has 0 saturated heterocycles. The predicted molar refractivity (Wildman–Crippen MR) is 297 cm³/mol. The molecule has 0 aliphatic rings. The summed E-state index contributed by atoms with van der Waals surface area (Å²) in [5.41, 5.74) is 0. The fraction of sp³-hybridized carbons (Fsp3) is 0.667. The van der Waals surface area contributed by atoms with Gasteiger partial charge in [0.2, 0.25) is 0 Å². The van der Waals surface area contributed by atoms with E-state index in [9.17, 15) is 14.4 Å². The summed E-state index contributed by atoms with van der Waals surface area (Å²) in [4.78, 5) is 37.8. The topological polar surface area (TPSA) is 78.9 Å². The summed E-state index contributed by atoms with van der Waals surface area (Å²) in [5.74, 6) is -0.915. The molecule has 6 nitrogen and oxygen atoms in total. The molecule has 0 amide bonds. The molecule has 0 aromatic rings. The minimum Gasteiger partial charge on any atom is -0.462 e. The fourth-order valence-electron chi connectivity index (χ4n) is 7.58. The van der Waals surface area contributed by atoms with Crippen molar-refractivity contribution in [3.8, 4) is 0 Å². The lowest BCUT2D eigenvalue weighted by Crippen LogP contribution is -2.30. The van der Waals surface area contributed by atoms with Crippen molar-refractivity contribution >= 4 is 17.9 Å². The van der Waals surface area contributed by atoms with Crippen molar-refractivity contribution in [3.05, 3.63) is 109 Å². The Balaban J connectivity index is 4.15. The molecule has 0 aromatic carbocycles. The van der Waals surface area contributed by atoms with Gasteiger partial charge >= 0.3 is 17.9 Å². The van der Waals surface area contributed by atoms with Crippen LogP contribution in [0.5, 0.6) is 0 Å². The smallest absolute Gasteiger partial charge is 0.306 e. The highest BCUT2D eigenvalue weighted by molar-refractivity contribution is 5.71. The van der Waals surface area contributed by atoms with Crippen LogP contribution in [0.4, 0.5) is 0 Å². The summed E-state index contributed by atoms with van der Waals surface area (Å²) in [6.45, 7) is 6.32. The number of esters is 3. The molecule has 392 valence electrons. The molecule has 0 fully saturated rings. The lowest BCUT2D eigenvalue weighted by atomic mass is 10.0. The zero-order chi connectivity index (χ0) is 50.0. The van der Waals surface area contributed by atoms with Crippen molar-refractivity contribution in [2.45, 2.75) is 258 Å². The molecule has 0 aromatic heterocycles. The molecule has 69 heavy (non-hydrogen) atoms. The number of hydrogen-bond acceptors (Lipinski definition) is 6. The van der Waals surface area contributed by atoms with Crippen LogP contribution in [-0.4, -0.2) is 37.2 Å². The standard InChI is InChI=1S/C63H104O6/c1-4-7-10-13-15-17-19-21-23-25-27-29-31-33-35-37-39-41-43-45-47-50-53-56-62(65)68-59-60(58-67-61(64)55-52-49-12-9-6-3)69-63(66)57-54-51-48-46-44-42-40-38-36-34-32-30-28-26-24-22-20-18-16-14-11-8-5-2/h7-8,10-11,15-18,21-24,27-30,33,35,60H,4-6,9,12-14,19-20,25-26,31-32,34,36-59H2,1-3H3/b10-7-,11-8-,17-15-,18-16-,23-21-,24-22-,29-27-,30-28-,35-33-. The molecule has 0 saturated carbocycles. The maximum atomic E-state index is 12.8. The van der Waals surface area contributed by atoms with Gasteiger partial charge in [-0.25, -0.2) is 0 Å². The first kappa shape index (κ1) is 65.1. The van der Waals surface area contributed by atoms with Crippen LogP contribution in [0.15, 0.2) is 109 Å². The van der Waals surface area contributed by atoms with E-state index in [2.05, 4.69) is 130 Å². The highest BCUT2D eigenvalue weighted by Gasteiger charge is 2.19. The Kier molecular flexibility index (Phi) is 53.4. The second kappa shape index (κ2) is 56.7. The van der Waals surface area contributed by atoms with Gasteiger partial charge in [-0.15, -0.1) is 0 Å². The van der Waals surface area contributed by atoms with Crippen molar-refractivity contribution in [3.63, 3.8) is 0 Å². The third-order valence-corrected chi connectivity index (χ3v) is 11.8. The Morgan fingerprint density at radius 3 is 0.884 bits per heavy atom. The lowest BCUT2D eigenvalue weighted by molar-refractivity contribution is -0.167. The average Bonchev–Trinajstić information content (AvgIpc) is 3.35. The lowest BCUT2D eigenvalue weighted by Gasteiger charge is -2.18. The summed E-state index contributed by atoms with van der Waals surface area (Å²) in [6, 6.07) is 0. The van der Waals surface area contributed by atoms with Gasteiger partial charge in [-0.3, -0.25) is 14.4 Å². The SMILES string of the molecule is CC/C=C\C/C=C\C/C=C\C/C=C\C/C=C\CCCCCCCCCC(=O)OCC(COC(=O)CCCCCCC)OC(=O)CCCCCCCCCCCC/C=C\C/C=C\C/C=C\C/C=C\CC. The fourth-order valence-corrected chi connectivity index (χ4v) is 7.58. The van der Waals surface area contributed by atoms with Gasteiger partial charge < -0.3 is 14.2 Å². The zero-order valence-electron chi connectivity index (χ0n) is 44.8. The van der Waals surface area contributed by atoms with Gasteiger partial charge in [-0.2, -0.15) is 0 Å². The minimum absolute atomic E-state index is 0.0850. The number of hydrogen-bond donors (Lipinski definition) is 0. The summed E-state index contributed by atoms with van der Waals surface area (Å²) in [6.07, 6.45) is 76.9. The van der Waals surface area contributed by atoms with E-state index >= 15 is 0 Å². The molecular weight excluding hydrogens is 853 g/mol. The molecule has 1 atom stereocenters. The van der Waals surface area contributed by atoms with Crippen molar-refractivity contribution < 1.29 is 28.6 Å². The third kappa shape index (κ3) is 54.9. The van der Waals surface area contributed by atoms with Crippen LogP contribution in [0, 0.1) is 0 Å². The molecular formula is C63H104O6. The van der Waals surface area contributed by atoms with Gasteiger partial charge in [0.25, 0.3) is 0 Å². The van der Waals surface area contributed by atoms with Crippen LogP contribution >= 0.6 is 0 Å². The van der Waals surface area contributed by atoms with E-state index in [1.807, 2.05) is 0 Å². The molecule has 0 heterocycles. The van der Waals surface area contributed by atoms with Gasteiger partial charge in [0, 0.05) is 19.3 Å². The number of rotatable bonds is 50. The zero-order valence-corrected chi connectivity index (χ0v) is 44.8. The molecule has 0 bridgehead atoms. The number of unbranched alkanes of at least 4 members (excludes halogenated alkanes) is 21. The summed E-state index contributed by atoms with van der Waals surface area (Å²) in [7, 11) is 0. The van der Waals surface area contributed by atoms with E-state index in [0.717, 1.165) is 128 Å². The number of ether oxygens (including phenoxy) is 3. The first-order valence-corrected chi connectivity index (χ1v) is 28.4. The van der Waals surface area contributed by atoms with Crippen LogP contribution in [0.2, 0.25) is 0 Å². The number of carbonyl (C=O) groups is 3. The first-order valence-electron chi connectivity index (χ1n) is 28.4. The third-order valence-electron chi connectivity index (χ3n) is 11.8. The Morgan fingerprint density at radius 1 is 0.304 bits per heavy atom. The maximum absolute atomic E-state index is 12.8. The first-order chi connectivity index (χ1) is 34.0. The van der Waals surface area contributed by atoms with Crippen molar-refractivity contribution in [2.24, 2.45) is 0 Å². The molecule has 0 aliphatic heterocycles. The van der Waals surface area contributed by atoms with Crippen LogP contribution in [-0.2, 0) is 28.6 Å². The van der Waals surface area contributed by atoms with Gasteiger partial charge in [-0.1, -0.05) is 239 Å². The summed E-state index contributed by atoms with van der Waals surface area (Å²) < 4.78 is 16.7. The predicted octanol–water partition coefficient (Wildman–Crippen LogP) is 19.1. The van der Waals surface area contributed by atoms with E-state index in [1.54, 1.807) is 0 Å². The molecule has 0 radical (unpaired) electrons. The Labute approximate surface area is 425 Å². The van der Waals surface area contributed by atoms with Crippen LogP contribution in [0.1, 0.15) is 252 Å². The Hall–Kier alpha value is -3.93. The normalized spacial score (nSPS) is 12.9. The van der Waals surface area contributed by atoms with Gasteiger partial charge in [0.1, 0.15) is 13.2 Å². The molecule has 0 spiro atoms. The van der Waals surface area contributed by atoms with E-state index in [0.29, 0.717) is 19.3 Å². The molecule has 6 heteroatoms. The van der Waals surface area contributed by atoms with Crippen LogP contribution in [0.25, 0.3) is 0 Å². The number of carbonyl (C=O) groups excluding carboxylic acids is 3. The van der Waals surface area contributed by atoms with Crippen molar-refractivity contribution in [1.29, 1.82) is 0 Å². The quantitative estimate of drug-likeness (QED) is 0.0262. The van der Waals surface area contributed by atoms with Crippen LogP contribution in [0.3, 0.4) is 0 Å². The molecule has 0 N–H and O–H groups in total. The Morgan fingerprint density at radius 2 is 0.565 bits per heavy atom. The number of allylic oxidation sites excluding steroid dienone is 18. The van der Waals surface area contributed by atoms with E-state index in [-0.39, 0.29) is 31.1 Å². The maximum Gasteiger partial charge on any atom is 0.306 e. The van der Waals surface area contributed by atoms with Crippen molar-refractivity contribution in [2.75, 3.05) is 13.2 Å². The summed E-state index contributed by atoms with van der Waals surface area (Å²) in [5, 5.41) is 0. The van der Waals surface area contributed by atoms with E-state index < -0.39 is 6.10 Å². The monoisotopic (exact) mass is 957 g/mol. The highest BCUT2D eigenvalue weighted by atomic mass is 16.6. The van der Waals surface area contributed by atoms with E-state index in [4.69, 9.17) is 14.2 Å². The minimum atomic E-state index is -0.783. The van der Waals surface area contributed by atoms with Crippen molar-refractivity contribution in [1.82, 2.24) is 0 Å².